The van der Waals surface area contributed by atoms with Crippen LogP contribution in [-0.2, 0) is 22.5 Å². The number of fused-ring (bicyclic) bond motifs is 1. The number of halogens is 1. The van der Waals surface area contributed by atoms with Crippen LogP contribution in [0.4, 0.5) is 4.79 Å². The highest BCUT2D eigenvalue weighted by Gasteiger charge is 2.31. The van der Waals surface area contributed by atoms with Crippen LogP contribution in [0.15, 0.2) is 29.3 Å². The Morgan fingerprint density at radius 3 is 2.77 bits per heavy atom. The van der Waals surface area contributed by atoms with Crippen molar-refractivity contribution in [3.05, 3.63) is 46.2 Å². The van der Waals surface area contributed by atoms with Gasteiger partial charge >= 0.3 is 12.0 Å². The lowest BCUT2D eigenvalue weighted by molar-refractivity contribution is 0.0516. The minimum Gasteiger partial charge on any atom is -0.461 e. The summed E-state index contributed by atoms with van der Waals surface area (Å²) in [5.74, 6) is 0.239. The van der Waals surface area contributed by atoms with E-state index in [1.807, 2.05) is 12.1 Å². The van der Waals surface area contributed by atoms with E-state index in [0.717, 1.165) is 37.1 Å². The van der Waals surface area contributed by atoms with Gasteiger partial charge in [-0.2, -0.15) is 5.10 Å². The zero-order valence-electron chi connectivity index (χ0n) is 19.8. The number of nitrogens with zero attached hydrogens (tertiary/aromatic N) is 4. The highest BCUT2D eigenvalue weighted by Crippen LogP contribution is 2.29. The number of isocyanates is 1. The molecule has 2 aromatic rings. The molecular formula is C25H30ClN5O4. The summed E-state index contributed by atoms with van der Waals surface area (Å²) >= 11 is 6.03. The number of ether oxygens (including phenoxy) is 1. The van der Waals surface area contributed by atoms with Crippen molar-refractivity contribution in [3.8, 4) is 5.69 Å². The van der Waals surface area contributed by atoms with Crippen LogP contribution in [-0.4, -0.2) is 59.0 Å². The largest absolute Gasteiger partial charge is 0.461 e. The Morgan fingerprint density at radius 1 is 1.26 bits per heavy atom. The van der Waals surface area contributed by atoms with Gasteiger partial charge in [0.25, 0.3) is 0 Å². The maximum Gasteiger partial charge on any atom is 0.359 e. The molecule has 2 atom stereocenters. The fourth-order valence-electron chi connectivity index (χ4n) is 5.01. The van der Waals surface area contributed by atoms with Crippen molar-refractivity contribution in [3.63, 3.8) is 0 Å². The molecule has 2 amide bonds. The van der Waals surface area contributed by atoms with Crippen molar-refractivity contribution in [2.24, 2.45) is 16.8 Å². The van der Waals surface area contributed by atoms with Gasteiger partial charge in [0.05, 0.1) is 31.1 Å². The number of aromatic nitrogens is 2. The minimum atomic E-state index is -0.495. The lowest BCUT2D eigenvalue weighted by Crippen LogP contribution is -2.45. The molecule has 0 spiro atoms. The van der Waals surface area contributed by atoms with E-state index >= 15 is 0 Å². The number of hydrogen-bond acceptors (Lipinski definition) is 6. The molecule has 4 rings (SSSR count). The first-order valence-electron chi connectivity index (χ1n) is 12.1. The molecule has 1 saturated carbocycles. The van der Waals surface area contributed by atoms with Crippen LogP contribution in [0.5, 0.6) is 0 Å². The van der Waals surface area contributed by atoms with Gasteiger partial charge in [-0.3, -0.25) is 0 Å². The fraction of sp³-hybridized carbons (Fsp3) is 0.520. The van der Waals surface area contributed by atoms with Crippen molar-refractivity contribution < 1.29 is 19.1 Å². The molecule has 10 heteroatoms. The molecule has 2 aliphatic rings. The lowest BCUT2D eigenvalue weighted by Gasteiger charge is -2.31. The minimum absolute atomic E-state index is 0.155. The summed E-state index contributed by atoms with van der Waals surface area (Å²) in [5.41, 5.74) is 2.64. The second-order valence-corrected chi connectivity index (χ2v) is 9.51. The second-order valence-electron chi connectivity index (χ2n) is 9.07. The quantitative estimate of drug-likeness (QED) is 0.353. The van der Waals surface area contributed by atoms with Crippen LogP contribution in [0.25, 0.3) is 5.69 Å². The van der Waals surface area contributed by atoms with E-state index in [-0.39, 0.29) is 24.9 Å². The van der Waals surface area contributed by atoms with Crippen LogP contribution >= 0.6 is 11.6 Å². The molecule has 1 aliphatic heterocycles. The highest BCUT2D eigenvalue weighted by atomic mass is 35.5. The number of carbonyl (C=O) groups excluding carboxylic acids is 3. The van der Waals surface area contributed by atoms with Gasteiger partial charge in [0, 0.05) is 30.1 Å². The zero-order chi connectivity index (χ0) is 24.8. The standard InChI is InChI=1S/C25H30ClN5O4/c1-2-35-24(33)23-21-15-30(11-10-22(21)31(29-23)20-8-6-19(26)7-9-20)25(34)28-14-18-5-3-4-17(12-18)13-27-16-32/h6-9,17-18H,2-5,10-15H2,1H3,(H,28,34). The maximum absolute atomic E-state index is 13.0. The van der Waals surface area contributed by atoms with Gasteiger partial charge in [0.15, 0.2) is 5.69 Å². The molecule has 35 heavy (non-hydrogen) atoms. The molecule has 186 valence electrons. The van der Waals surface area contributed by atoms with Gasteiger partial charge in [-0.05, 0) is 62.3 Å². The SMILES string of the molecule is CCOC(=O)c1nn(-c2ccc(Cl)cc2)c2c1CN(C(=O)NCC1CCCC(CN=C=O)C1)CC2. The Hall–Kier alpha value is -3.16. The Labute approximate surface area is 209 Å². The summed E-state index contributed by atoms with van der Waals surface area (Å²) < 4.78 is 6.98. The van der Waals surface area contributed by atoms with Crippen molar-refractivity contribution >= 4 is 29.7 Å². The first kappa shape index (κ1) is 24.9. The third kappa shape index (κ3) is 5.92. The molecule has 1 aromatic carbocycles. The first-order valence-corrected chi connectivity index (χ1v) is 12.5. The summed E-state index contributed by atoms with van der Waals surface area (Å²) in [4.78, 5) is 41.5. The Bertz CT molecular complexity index is 1110. The van der Waals surface area contributed by atoms with E-state index in [4.69, 9.17) is 16.3 Å². The molecule has 2 unspecified atom stereocenters. The summed E-state index contributed by atoms with van der Waals surface area (Å²) in [5, 5.41) is 8.24. The molecule has 1 aromatic heterocycles. The highest BCUT2D eigenvalue weighted by molar-refractivity contribution is 6.30. The van der Waals surface area contributed by atoms with Crippen molar-refractivity contribution in [1.82, 2.24) is 20.0 Å². The van der Waals surface area contributed by atoms with Crippen molar-refractivity contribution in [1.29, 1.82) is 0 Å². The number of esters is 1. The van der Waals surface area contributed by atoms with Crippen molar-refractivity contribution in [2.45, 2.75) is 45.6 Å². The topological polar surface area (TPSA) is 106 Å². The number of rotatable bonds is 7. The predicted molar refractivity (Wildman–Crippen MR) is 130 cm³/mol. The number of amides is 2. The predicted octanol–water partition coefficient (Wildman–Crippen LogP) is 3.91. The summed E-state index contributed by atoms with van der Waals surface area (Å²) in [6, 6.07) is 7.10. The van der Waals surface area contributed by atoms with E-state index in [1.165, 1.54) is 0 Å². The normalized spacial score (nSPS) is 19.4. The fourth-order valence-corrected chi connectivity index (χ4v) is 5.14. The van der Waals surface area contributed by atoms with Crippen LogP contribution in [0.3, 0.4) is 0 Å². The summed E-state index contributed by atoms with van der Waals surface area (Å²) in [7, 11) is 0. The van der Waals surface area contributed by atoms with Crippen LogP contribution in [0.1, 0.15) is 54.4 Å². The molecule has 0 saturated heterocycles. The number of aliphatic imine (C=N–C) groups is 1. The number of nitrogens with one attached hydrogen (secondary N) is 1. The van der Waals surface area contributed by atoms with Gasteiger partial charge in [0.2, 0.25) is 6.08 Å². The molecule has 0 bridgehead atoms. The first-order chi connectivity index (χ1) is 17.0. The van der Waals surface area contributed by atoms with Gasteiger partial charge in [-0.1, -0.05) is 18.0 Å². The number of urea groups is 1. The summed E-state index contributed by atoms with van der Waals surface area (Å²) in [6.45, 7) is 3.88. The average molecular weight is 500 g/mol. The van der Waals surface area contributed by atoms with Crippen LogP contribution < -0.4 is 5.32 Å². The number of hydrogen-bond donors (Lipinski definition) is 1. The third-order valence-electron chi connectivity index (χ3n) is 6.73. The second kappa shape index (κ2) is 11.5. The van der Waals surface area contributed by atoms with Crippen LogP contribution in [0, 0.1) is 11.8 Å². The van der Waals surface area contributed by atoms with E-state index in [9.17, 15) is 14.4 Å². The van der Waals surface area contributed by atoms with E-state index < -0.39 is 5.97 Å². The average Bonchev–Trinajstić information content (AvgIpc) is 3.26. The summed E-state index contributed by atoms with van der Waals surface area (Å²) in [6.07, 6.45) is 6.29. The third-order valence-corrected chi connectivity index (χ3v) is 6.98. The maximum atomic E-state index is 13.0. The molecule has 9 nitrogen and oxygen atoms in total. The molecule has 1 N–H and O–H groups in total. The molecule has 1 fully saturated rings. The van der Waals surface area contributed by atoms with Gasteiger partial charge < -0.3 is 15.0 Å². The molecule has 1 aliphatic carbocycles. The van der Waals surface area contributed by atoms with E-state index in [1.54, 1.807) is 34.7 Å². The smallest absolute Gasteiger partial charge is 0.359 e. The monoisotopic (exact) mass is 499 g/mol. The van der Waals surface area contributed by atoms with Gasteiger partial charge in [0.1, 0.15) is 0 Å². The number of benzene rings is 1. The number of carbonyl (C=O) groups is 2. The molecular weight excluding hydrogens is 470 g/mol. The van der Waals surface area contributed by atoms with Gasteiger partial charge in [-0.25, -0.2) is 24.1 Å². The van der Waals surface area contributed by atoms with Crippen LogP contribution in [0.2, 0.25) is 5.02 Å². The Morgan fingerprint density at radius 2 is 2.03 bits per heavy atom. The van der Waals surface area contributed by atoms with E-state index in [0.29, 0.717) is 48.5 Å². The zero-order valence-corrected chi connectivity index (χ0v) is 20.6. The Balaban J connectivity index is 1.46. The van der Waals surface area contributed by atoms with E-state index in [2.05, 4.69) is 15.4 Å². The Kier molecular flexibility index (Phi) is 8.21. The van der Waals surface area contributed by atoms with Gasteiger partial charge in [-0.15, -0.1) is 0 Å². The molecule has 2 heterocycles. The lowest BCUT2D eigenvalue weighted by atomic mass is 9.81. The van der Waals surface area contributed by atoms with Crippen molar-refractivity contribution in [2.75, 3.05) is 26.2 Å². The molecule has 0 radical (unpaired) electrons.